The van der Waals surface area contributed by atoms with Crippen molar-refractivity contribution in [3.8, 4) is 11.1 Å². The van der Waals surface area contributed by atoms with Gasteiger partial charge in [0.2, 0.25) is 11.8 Å². The summed E-state index contributed by atoms with van der Waals surface area (Å²) < 4.78 is 0. The van der Waals surface area contributed by atoms with Gasteiger partial charge in [-0.1, -0.05) is 61.4 Å². The lowest BCUT2D eigenvalue weighted by Crippen LogP contribution is -2.51. The molecule has 2 fully saturated rings. The SMILES string of the molecule is Cc1ccccc1-c1cccc(CC2(C(=O)N(C)C)CCN(C(=O)C3CCCC3)CC2)c1. The Balaban J connectivity index is 1.55. The number of benzene rings is 2. The van der Waals surface area contributed by atoms with Crippen molar-refractivity contribution in [2.45, 2.75) is 51.9 Å². The van der Waals surface area contributed by atoms with E-state index in [-0.39, 0.29) is 11.8 Å². The summed E-state index contributed by atoms with van der Waals surface area (Å²) in [7, 11) is 3.70. The second kappa shape index (κ2) is 9.48. The molecule has 2 aromatic carbocycles. The highest BCUT2D eigenvalue weighted by Gasteiger charge is 2.44. The van der Waals surface area contributed by atoms with Crippen molar-refractivity contribution in [3.63, 3.8) is 0 Å². The molecule has 2 aliphatic rings. The first-order chi connectivity index (χ1) is 15.4. The number of likely N-dealkylation sites (tertiary alicyclic amines) is 1. The fraction of sp³-hybridized carbons (Fsp3) is 0.500. The summed E-state index contributed by atoms with van der Waals surface area (Å²) >= 11 is 0. The number of carbonyl (C=O) groups excluding carboxylic acids is 2. The van der Waals surface area contributed by atoms with E-state index < -0.39 is 5.41 Å². The van der Waals surface area contributed by atoms with Gasteiger partial charge in [-0.15, -0.1) is 0 Å². The number of carbonyl (C=O) groups is 2. The smallest absolute Gasteiger partial charge is 0.228 e. The van der Waals surface area contributed by atoms with Crippen LogP contribution in [0.5, 0.6) is 0 Å². The van der Waals surface area contributed by atoms with Gasteiger partial charge in [0.15, 0.2) is 0 Å². The van der Waals surface area contributed by atoms with E-state index in [1.807, 2.05) is 19.0 Å². The van der Waals surface area contributed by atoms with Crippen LogP contribution >= 0.6 is 0 Å². The molecule has 1 aliphatic heterocycles. The fourth-order valence-electron chi connectivity index (χ4n) is 5.66. The Kier molecular flexibility index (Phi) is 6.68. The highest BCUT2D eigenvalue weighted by Crippen LogP contribution is 2.39. The van der Waals surface area contributed by atoms with Gasteiger partial charge in [0.05, 0.1) is 5.41 Å². The summed E-state index contributed by atoms with van der Waals surface area (Å²) in [5, 5.41) is 0. The van der Waals surface area contributed by atoms with Gasteiger partial charge in [-0.3, -0.25) is 9.59 Å². The van der Waals surface area contributed by atoms with E-state index >= 15 is 0 Å². The van der Waals surface area contributed by atoms with Gasteiger partial charge >= 0.3 is 0 Å². The number of piperidine rings is 1. The molecule has 4 nitrogen and oxygen atoms in total. The molecule has 1 saturated heterocycles. The Morgan fingerprint density at radius 3 is 2.34 bits per heavy atom. The van der Waals surface area contributed by atoms with E-state index in [1.54, 1.807) is 4.90 Å². The lowest BCUT2D eigenvalue weighted by atomic mass is 9.72. The van der Waals surface area contributed by atoms with Gasteiger partial charge in [0, 0.05) is 33.1 Å². The highest BCUT2D eigenvalue weighted by atomic mass is 16.2. The van der Waals surface area contributed by atoms with Gasteiger partial charge in [-0.2, -0.15) is 0 Å². The largest absolute Gasteiger partial charge is 0.348 e. The van der Waals surface area contributed by atoms with Crippen molar-refractivity contribution in [3.05, 3.63) is 59.7 Å². The van der Waals surface area contributed by atoms with Crippen LogP contribution in [-0.2, 0) is 16.0 Å². The Morgan fingerprint density at radius 2 is 1.69 bits per heavy atom. The molecular weight excluding hydrogens is 396 g/mol. The number of rotatable bonds is 5. The molecule has 0 radical (unpaired) electrons. The van der Waals surface area contributed by atoms with Crippen LogP contribution < -0.4 is 0 Å². The zero-order valence-corrected chi connectivity index (χ0v) is 19.8. The summed E-state index contributed by atoms with van der Waals surface area (Å²) in [4.78, 5) is 30.1. The van der Waals surface area contributed by atoms with Crippen molar-refractivity contribution >= 4 is 11.8 Å². The molecular formula is C28H36N2O2. The quantitative estimate of drug-likeness (QED) is 0.660. The lowest BCUT2D eigenvalue weighted by molar-refractivity contribution is -0.147. The number of amides is 2. The van der Waals surface area contributed by atoms with Crippen LogP contribution in [0.15, 0.2) is 48.5 Å². The Hall–Kier alpha value is -2.62. The van der Waals surface area contributed by atoms with Crippen molar-refractivity contribution < 1.29 is 9.59 Å². The molecule has 32 heavy (non-hydrogen) atoms. The number of hydrogen-bond donors (Lipinski definition) is 0. The van der Waals surface area contributed by atoms with Gasteiger partial charge in [0.25, 0.3) is 0 Å². The molecule has 0 aromatic heterocycles. The van der Waals surface area contributed by atoms with E-state index in [1.165, 1.54) is 35.1 Å². The zero-order chi connectivity index (χ0) is 22.7. The maximum atomic E-state index is 13.4. The lowest BCUT2D eigenvalue weighted by Gasteiger charge is -2.42. The van der Waals surface area contributed by atoms with E-state index in [0.717, 1.165) is 32.1 Å². The van der Waals surface area contributed by atoms with E-state index in [4.69, 9.17) is 0 Å². The molecule has 170 valence electrons. The highest BCUT2D eigenvalue weighted by molar-refractivity contribution is 5.84. The van der Waals surface area contributed by atoms with Crippen LogP contribution in [0.25, 0.3) is 11.1 Å². The molecule has 0 bridgehead atoms. The molecule has 0 unspecified atom stereocenters. The standard InChI is InChI=1S/C28H36N2O2/c1-21-9-4-7-14-25(21)24-13-8-10-22(19-24)20-28(27(32)29(2)3)15-17-30(18-16-28)26(31)23-11-5-6-12-23/h4,7-10,13-14,19,23H,5-6,11-12,15-18,20H2,1-3H3. The topological polar surface area (TPSA) is 40.6 Å². The number of nitrogens with zero attached hydrogens (tertiary/aromatic N) is 2. The van der Waals surface area contributed by atoms with Gasteiger partial charge < -0.3 is 9.80 Å². The Bertz CT molecular complexity index is 967. The number of aryl methyl sites for hydroxylation is 1. The van der Waals surface area contributed by atoms with Crippen LogP contribution in [0, 0.1) is 18.3 Å². The molecule has 0 N–H and O–H groups in total. The maximum absolute atomic E-state index is 13.4. The van der Waals surface area contributed by atoms with Crippen molar-refractivity contribution in [2.75, 3.05) is 27.2 Å². The first-order valence-corrected chi connectivity index (χ1v) is 12.1. The molecule has 1 aliphatic carbocycles. The van der Waals surface area contributed by atoms with Crippen LogP contribution in [0.2, 0.25) is 0 Å². The monoisotopic (exact) mass is 432 g/mol. The van der Waals surface area contributed by atoms with Crippen molar-refractivity contribution in [1.82, 2.24) is 9.80 Å². The van der Waals surface area contributed by atoms with Crippen LogP contribution in [0.4, 0.5) is 0 Å². The second-order valence-electron chi connectivity index (χ2n) is 9.98. The third-order valence-corrected chi connectivity index (χ3v) is 7.52. The van der Waals surface area contributed by atoms with Gasteiger partial charge in [-0.25, -0.2) is 0 Å². The Labute approximate surface area is 192 Å². The second-order valence-corrected chi connectivity index (χ2v) is 9.98. The minimum Gasteiger partial charge on any atom is -0.348 e. The van der Waals surface area contributed by atoms with E-state index in [9.17, 15) is 9.59 Å². The average Bonchev–Trinajstić information content (AvgIpc) is 3.34. The minimum atomic E-state index is -0.444. The van der Waals surface area contributed by atoms with Crippen LogP contribution in [0.1, 0.15) is 49.7 Å². The van der Waals surface area contributed by atoms with Crippen molar-refractivity contribution in [1.29, 1.82) is 0 Å². The van der Waals surface area contributed by atoms with Gasteiger partial charge in [-0.05, 0) is 61.3 Å². The minimum absolute atomic E-state index is 0.187. The summed E-state index contributed by atoms with van der Waals surface area (Å²) in [6.07, 6.45) is 6.59. The summed E-state index contributed by atoms with van der Waals surface area (Å²) in [6.45, 7) is 3.51. The predicted molar refractivity (Wildman–Crippen MR) is 129 cm³/mol. The summed E-state index contributed by atoms with van der Waals surface area (Å²) in [5.74, 6) is 0.708. The maximum Gasteiger partial charge on any atom is 0.228 e. The van der Waals surface area contributed by atoms with Crippen LogP contribution in [0.3, 0.4) is 0 Å². The predicted octanol–water partition coefficient (Wildman–Crippen LogP) is 5.09. The first kappa shape index (κ1) is 22.6. The fourth-order valence-corrected chi connectivity index (χ4v) is 5.66. The molecule has 0 atom stereocenters. The third kappa shape index (κ3) is 4.60. The number of hydrogen-bond acceptors (Lipinski definition) is 2. The normalized spacial score (nSPS) is 18.5. The first-order valence-electron chi connectivity index (χ1n) is 12.1. The van der Waals surface area contributed by atoms with Crippen LogP contribution in [-0.4, -0.2) is 48.8 Å². The van der Waals surface area contributed by atoms with E-state index in [2.05, 4.69) is 55.5 Å². The Morgan fingerprint density at radius 1 is 1.00 bits per heavy atom. The average molecular weight is 433 g/mol. The van der Waals surface area contributed by atoms with E-state index in [0.29, 0.717) is 19.0 Å². The van der Waals surface area contributed by atoms with Crippen molar-refractivity contribution in [2.24, 2.45) is 11.3 Å². The molecule has 2 aromatic rings. The molecule has 4 heteroatoms. The van der Waals surface area contributed by atoms with Gasteiger partial charge in [0.1, 0.15) is 0 Å². The summed E-state index contributed by atoms with van der Waals surface area (Å²) in [6, 6.07) is 17.1. The summed E-state index contributed by atoms with van der Waals surface area (Å²) in [5.41, 5.74) is 4.43. The molecule has 0 spiro atoms. The third-order valence-electron chi connectivity index (χ3n) is 7.52. The zero-order valence-electron chi connectivity index (χ0n) is 19.8. The molecule has 2 amide bonds. The molecule has 4 rings (SSSR count). The molecule has 1 saturated carbocycles. The molecule has 1 heterocycles.